The molecule has 0 aliphatic carbocycles. The minimum absolute atomic E-state index is 0.695. The number of hydrogen-bond acceptors (Lipinski definition) is 3. The largest absolute Gasteiger partial charge is 0.496 e. The first-order valence-electron chi connectivity index (χ1n) is 5.69. The molecule has 0 heterocycles. The fraction of sp³-hybridized carbons (Fsp3) is 0.200. The second-order valence-electron chi connectivity index (χ2n) is 3.92. The maximum Gasteiger partial charge on any atom is 0.134 e. The van der Waals surface area contributed by atoms with E-state index in [0.717, 1.165) is 11.3 Å². The molecular weight excluding hydrogens is 228 g/mol. The van der Waals surface area contributed by atoms with Crippen molar-refractivity contribution in [3.63, 3.8) is 0 Å². The molecule has 2 rings (SSSR count). The van der Waals surface area contributed by atoms with Gasteiger partial charge in [-0.25, -0.2) is 0 Å². The van der Waals surface area contributed by atoms with E-state index in [2.05, 4.69) is 0 Å². The van der Waals surface area contributed by atoms with Crippen LogP contribution in [0.25, 0.3) is 0 Å². The van der Waals surface area contributed by atoms with Crippen LogP contribution in [0, 0.1) is 6.92 Å². The first-order chi connectivity index (χ1) is 8.72. The molecule has 2 aromatic rings. The third kappa shape index (κ3) is 2.74. The first-order valence-corrected chi connectivity index (χ1v) is 5.69. The molecule has 0 radical (unpaired) electrons. The van der Waals surface area contributed by atoms with Gasteiger partial charge in [-0.2, -0.15) is 0 Å². The van der Waals surface area contributed by atoms with Crippen LogP contribution in [0.15, 0.2) is 42.5 Å². The Bertz CT molecular complexity index is 513. The fourth-order valence-corrected chi connectivity index (χ4v) is 1.64. The van der Waals surface area contributed by atoms with E-state index in [0.29, 0.717) is 17.2 Å². The molecule has 0 amide bonds. The lowest BCUT2D eigenvalue weighted by molar-refractivity contribution is 0.386. The molecule has 0 unspecified atom stereocenters. The van der Waals surface area contributed by atoms with E-state index >= 15 is 0 Å². The first kappa shape index (κ1) is 12.3. The molecule has 0 aliphatic heterocycles. The van der Waals surface area contributed by atoms with E-state index < -0.39 is 0 Å². The highest BCUT2D eigenvalue weighted by Gasteiger charge is 2.05. The summed E-state index contributed by atoms with van der Waals surface area (Å²) in [6.07, 6.45) is 0. The highest BCUT2D eigenvalue weighted by molar-refractivity contribution is 5.45. The van der Waals surface area contributed by atoms with Crippen LogP contribution >= 0.6 is 0 Å². The maximum absolute atomic E-state index is 5.83. The van der Waals surface area contributed by atoms with E-state index in [1.165, 1.54) is 0 Å². The second-order valence-corrected chi connectivity index (χ2v) is 3.92. The van der Waals surface area contributed by atoms with Crippen LogP contribution < -0.4 is 14.2 Å². The molecule has 3 nitrogen and oxygen atoms in total. The van der Waals surface area contributed by atoms with Gasteiger partial charge in [0.25, 0.3) is 0 Å². The van der Waals surface area contributed by atoms with Crippen molar-refractivity contribution in [1.29, 1.82) is 0 Å². The van der Waals surface area contributed by atoms with Gasteiger partial charge in [-0.15, -0.1) is 0 Å². The molecule has 3 heteroatoms. The van der Waals surface area contributed by atoms with Crippen molar-refractivity contribution in [3.05, 3.63) is 48.0 Å². The van der Waals surface area contributed by atoms with Gasteiger partial charge in [0.1, 0.15) is 23.0 Å². The number of methoxy groups -OCH3 is 2. The molecular formula is C15H16O3. The van der Waals surface area contributed by atoms with Crippen molar-refractivity contribution in [2.24, 2.45) is 0 Å². The molecule has 0 aliphatic rings. The summed E-state index contributed by atoms with van der Waals surface area (Å²) < 4.78 is 16.2. The van der Waals surface area contributed by atoms with Crippen LogP contribution in [0.3, 0.4) is 0 Å². The Hall–Kier alpha value is -2.16. The highest BCUT2D eigenvalue weighted by atomic mass is 16.5. The third-order valence-corrected chi connectivity index (χ3v) is 2.65. The van der Waals surface area contributed by atoms with Crippen LogP contribution in [0.4, 0.5) is 0 Å². The summed E-state index contributed by atoms with van der Waals surface area (Å²) >= 11 is 0. The van der Waals surface area contributed by atoms with Crippen molar-refractivity contribution < 1.29 is 14.2 Å². The number of ether oxygens (including phenoxy) is 3. The maximum atomic E-state index is 5.83. The summed E-state index contributed by atoms with van der Waals surface area (Å²) in [5, 5.41) is 0. The lowest BCUT2D eigenvalue weighted by Crippen LogP contribution is -1.91. The summed E-state index contributed by atoms with van der Waals surface area (Å²) in [4.78, 5) is 0. The lowest BCUT2D eigenvalue weighted by atomic mass is 10.2. The Labute approximate surface area is 107 Å². The van der Waals surface area contributed by atoms with Gasteiger partial charge in [0.2, 0.25) is 0 Å². The molecule has 2 aromatic carbocycles. The average Bonchev–Trinajstić information content (AvgIpc) is 2.41. The van der Waals surface area contributed by atoms with Crippen LogP contribution in [0.5, 0.6) is 23.0 Å². The smallest absolute Gasteiger partial charge is 0.134 e. The molecule has 0 atom stereocenters. The Morgan fingerprint density at radius 1 is 0.778 bits per heavy atom. The second kappa shape index (κ2) is 5.45. The predicted molar refractivity (Wildman–Crippen MR) is 70.8 cm³/mol. The number of benzene rings is 2. The van der Waals surface area contributed by atoms with Gasteiger partial charge in [-0.05, 0) is 18.6 Å². The van der Waals surface area contributed by atoms with Crippen molar-refractivity contribution in [2.45, 2.75) is 6.92 Å². The molecule has 0 spiro atoms. The molecule has 0 N–H and O–H groups in total. The number of rotatable bonds is 4. The van der Waals surface area contributed by atoms with Crippen molar-refractivity contribution >= 4 is 0 Å². The number of para-hydroxylation sites is 1. The lowest BCUT2D eigenvalue weighted by Gasteiger charge is -2.11. The minimum atomic E-state index is 0.695. The van der Waals surface area contributed by atoms with Gasteiger partial charge in [0.15, 0.2) is 0 Å². The molecule has 0 saturated heterocycles. The Morgan fingerprint density at radius 2 is 1.33 bits per heavy atom. The quantitative estimate of drug-likeness (QED) is 0.818. The van der Waals surface area contributed by atoms with E-state index in [1.54, 1.807) is 14.2 Å². The van der Waals surface area contributed by atoms with Crippen LogP contribution in [0.1, 0.15) is 5.56 Å². The Balaban J connectivity index is 2.31. The molecule has 0 saturated carbocycles. The molecule has 94 valence electrons. The normalized spacial score (nSPS) is 9.94. The van der Waals surface area contributed by atoms with Crippen molar-refractivity contribution in [3.8, 4) is 23.0 Å². The van der Waals surface area contributed by atoms with Gasteiger partial charge >= 0.3 is 0 Å². The standard InChI is InChI=1S/C15H16O3/c1-11-6-4-5-7-15(11)18-14-9-12(16-2)8-13(10-14)17-3/h4-10H,1-3H3. The van der Waals surface area contributed by atoms with Gasteiger partial charge < -0.3 is 14.2 Å². The topological polar surface area (TPSA) is 27.7 Å². The summed E-state index contributed by atoms with van der Waals surface area (Å²) in [5.74, 6) is 2.93. The van der Waals surface area contributed by atoms with Crippen LogP contribution in [-0.4, -0.2) is 14.2 Å². The van der Waals surface area contributed by atoms with Gasteiger partial charge in [0, 0.05) is 18.2 Å². The monoisotopic (exact) mass is 244 g/mol. The Kier molecular flexibility index (Phi) is 3.72. The minimum Gasteiger partial charge on any atom is -0.496 e. The fourth-order valence-electron chi connectivity index (χ4n) is 1.64. The summed E-state index contributed by atoms with van der Waals surface area (Å²) in [6, 6.07) is 13.3. The zero-order valence-corrected chi connectivity index (χ0v) is 10.8. The number of hydrogen-bond donors (Lipinski definition) is 0. The average molecular weight is 244 g/mol. The van der Waals surface area contributed by atoms with Crippen molar-refractivity contribution in [1.82, 2.24) is 0 Å². The van der Waals surface area contributed by atoms with Gasteiger partial charge in [-0.1, -0.05) is 18.2 Å². The van der Waals surface area contributed by atoms with E-state index in [4.69, 9.17) is 14.2 Å². The summed E-state index contributed by atoms with van der Waals surface area (Å²) in [5.41, 5.74) is 1.08. The van der Waals surface area contributed by atoms with E-state index in [9.17, 15) is 0 Å². The predicted octanol–water partition coefficient (Wildman–Crippen LogP) is 3.80. The molecule has 18 heavy (non-hydrogen) atoms. The van der Waals surface area contributed by atoms with Gasteiger partial charge in [-0.3, -0.25) is 0 Å². The van der Waals surface area contributed by atoms with Crippen LogP contribution in [0.2, 0.25) is 0 Å². The SMILES string of the molecule is COc1cc(OC)cc(Oc2ccccc2C)c1. The zero-order valence-electron chi connectivity index (χ0n) is 10.8. The summed E-state index contributed by atoms with van der Waals surface area (Å²) in [6.45, 7) is 2.01. The third-order valence-electron chi connectivity index (χ3n) is 2.65. The van der Waals surface area contributed by atoms with Crippen molar-refractivity contribution in [2.75, 3.05) is 14.2 Å². The summed E-state index contributed by atoms with van der Waals surface area (Å²) in [7, 11) is 3.23. The molecule has 0 aromatic heterocycles. The number of aryl methyl sites for hydroxylation is 1. The highest BCUT2D eigenvalue weighted by Crippen LogP contribution is 2.31. The molecule has 0 fully saturated rings. The van der Waals surface area contributed by atoms with Gasteiger partial charge in [0.05, 0.1) is 14.2 Å². The van der Waals surface area contributed by atoms with Crippen LogP contribution in [-0.2, 0) is 0 Å². The van der Waals surface area contributed by atoms with E-state index in [-0.39, 0.29) is 0 Å². The van der Waals surface area contributed by atoms with E-state index in [1.807, 2.05) is 49.4 Å². The molecule has 0 bridgehead atoms. The zero-order chi connectivity index (χ0) is 13.0. The Morgan fingerprint density at radius 3 is 1.89 bits per heavy atom.